The van der Waals surface area contributed by atoms with Crippen LogP contribution in [0.25, 0.3) is 5.00 Å². The highest BCUT2D eigenvalue weighted by Crippen LogP contribution is 2.23. The molecule has 126 valence electrons. The van der Waals surface area contributed by atoms with Crippen LogP contribution < -0.4 is 5.69 Å². The first-order chi connectivity index (χ1) is 11.6. The molecular weight excluding hydrogens is 414 g/mol. The predicted octanol–water partition coefficient (Wildman–Crippen LogP) is 2.36. The van der Waals surface area contributed by atoms with Crippen molar-refractivity contribution >= 4 is 44.5 Å². The lowest BCUT2D eigenvalue weighted by Crippen LogP contribution is -2.36. The van der Waals surface area contributed by atoms with Crippen molar-refractivity contribution in [1.29, 1.82) is 0 Å². The predicted molar refractivity (Wildman–Crippen MR) is 96.6 cm³/mol. The van der Waals surface area contributed by atoms with E-state index in [0.717, 1.165) is 13.3 Å². The summed E-state index contributed by atoms with van der Waals surface area (Å²) in [5.74, 6) is -0.164. The number of rotatable bonds is 6. The second kappa shape index (κ2) is 7.41. The van der Waals surface area contributed by atoms with Crippen LogP contribution in [0.5, 0.6) is 0 Å². The topological polar surface area (TPSA) is 73.0 Å². The molecule has 0 saturated carbocycles. The SMILES string of the molecule is CCN(Cc1ccc(Br)s1)C(=O)Cn1nnn(-c2cccs2)c1=O. The van der Waals surface area contributed by atoms with Crippen LogP contribution in [0, 0.1) is 0 Å². The first-order valence-corrected chi connectivity index (χ1v) is 9.66. The smallest absolute Gasteiger partial charge is 0.336 e. The minimum Gasteiger partial charge on any atom is -0.336 e. The number of hydrogen-bond donors (Lipinski definition) is 0. The van der Waals surface area contributed by atoms with Crippen molar-refractivity contribution in [3.63, 3.8) is 0 Å². The van der Waals surface area contributed by atoms with Crippen molar-refractivity contribution < 1.29 is 4.79 Å². The summed E-state index contributed by atoms with van der Waals surface area (Å²) in [5, 5.41) is 10.2. The molecule has 0 aliphatic carbocycles. The van der Waals surface area contributed by atoms with Crippen molar-refractivity contribution in [3.05, 3.63) is 48.8 Å². The Balaban J connectivity index is 1.73. The average Bonchev–Trinajstić information content (AvgIpc) is 3.28. The normalized spacial score (nSPS) is 10.9. The van der Waals surface area contributed by atoms with E-state index in [0.29, 0.717) is 18.1 Å². The van der Waals surface area contributed by atoms with Crippen molar-refractivity contribution in [2.45, 2.75) is 20.0 Å². The van der Waals surface area contributed by atoms with Crippen molar-refractivity contribution in [1.82, 2.24) is 24.7 Å². The molecule has 0 fully saturated rings. The minimum absolute atomic E-state index is 0.120. The molecule has 3 rings (SSSR count). The Labute approximate surface area is 154 Å². The monoisotopic (exact) mass is 427 g/mol. The van der Waals surface area contributed by atoms with Gasteiger partial charge in [-0.25, -0.2) is 4.79 Å². The van der Waals surface area contributed by atoms with E-state index in [1.807, 2.05) is 30.5 Å². The summed E-state index contributed by atoms with van der Waals surface area (Å²) in [5.41, 5.74) is -0.416. The molecule has 0 unspecified atom stereocenters. The van der Waals surface area contributed by atoms with Crippen LogP contribution >= 0.6 is 38.6 Å². The number of amides is 1. The standard InChI is InChI=1S/C14H14BrN5O2S2/c1-2-18(8-10-5-6-11(15)24-10)12(21)9-19-14(22)20(17-16-19)13-4-3-7-23-13/h3-7H,2,8-9H2,1H3. The number of hydrogen-bond acceptors (Lipinski definition) is 6. The van der Waals surface area contributed by atoms with E-state index in [1.54, 1.807) is 22.3 Å². The summed E-state index contributed by atoms with van der Waals surface area (Å²) in [6.45, 7) is 2.86. The fraction of sp³-hybridized carbons (Fsp3) is 0.286. The number of nitrogens with zero attached hydrogens (tertiary/aromatic N) is 5. The largest absolute Gasteiger partial charge is 0.369 e. The average molecular weight is 428 g/mol. The molecule has 7 nitrogen and oxygen atoms in total. The van der Waals surface area contributed by atoms with Crippen LogP contribution in [0.3, 0.4) is 0 Å². The van der Waals surface area contributed by atoms with Gasteiger partial charge in [0, 0.05) is 11.4 Å². The zero-order chi connectivity index (χ0) is 17.1. The molecule has 0 aliphatic rings. The molecule has 0 radical (unpaired) electrons. The van der Waals surface area contributed by atoms with Crippen LogP contribution in [0.15, 0.2) is 38.2 Å². The molecule has 0 saturated heterocycles. The number of tetrazole rings is 1. The molecule has 0 spiro atoms. The molecule has 10 heteroatoms. The molecule has 0 bridgehead atoms. The quantitative estimate of drug-likeness (QED) is 0.605. The summed E-state index contributed by atoms with van der Waals surface area (Å²) >= 11 is 6.39. The number of likely N-dealkylation sites (N-methyl/N-ethyl adjacent to an activating group) is 1. The van der Waals surface area contributed by atoms with Gasteiger partial charge in [0.2, 0.25) is 5.91 Å². The molecule has 0 aromatic carbocycles. The van der Waals surface area contributed by atoms with Gasteiger partial charge in [-0.05, 0) is 62.9 Å². The maximum atomic E-state index is 12.5. The molecule has 0 atom stereocenters. The second-order valence-corrected chi connectivity index (χ2v) is 8.37. The van der Waals surface area contributed by atoms with Gasteiger partial charge in [-0.1, -0.05) is 0 Å². The Morgan fingerprint density at radius 2 is 2.17 bits per heavy atom. The highest BCUT2D eigenvalue weighted by atomic mass is 79.9. The second-order valence-electron chi connectivity index (χ2n) is 4.90. The summed E-state index contributed by atoms with van der Waals surface area (Å²) in [6.07, 6.45) is 0. The highest BCUT2D eigenvalue weighted by molar-refractivity contribution is 9.11. The molecule has 1 amide bonds. The first-order valence-electron chi connectivity index (χ1n) is 7.17. The molecule has 0 N–H and O–H groups in total. The summed E-state index contributed by atoms with van der Waals surface area (Å²) in [4.78, 5) is 27.6. The maximum absolute atomic E-state index is 12.5. The Hall–Kier alpha value is -1.78. The van der Waals surface area contributed by atoms with E-state index < -0.39 is 5.69 Å². The lowest BCUT2D eigenvalue weighted by molar-refractivity contribution is -0.132. The lowest BCUT2D eigenvalue weighted by atomic mass is 10.4. The summed E-state index contributed by atoms with van der Waals surface area (Å²) in [6, 6.07) is 7.54. The fourth-order valence-corrected chi connectivity index (χ4v) is 4.30. The third-order valence-electron chi connectivity index (χ3n) is 3.35. The van der Waals surface area contributed by atoms with E-state index in [1.165, 1.54) is 16.0 Å². The number of halogens is 1. The Bertz CT molecular complexity index is 883. The van der Waals surface area contributed by atoms with E-state index in [2.05, 4.69) is 26.4 Å². The molecule has 3 heterocycles. The van der Waals surface area contributed by atoms with Crippen LogP contribution in [0.4, 0.5) is 0 Å². The summed E-state index contributed by atoms with van der Waals surface area (Å²) in [7, 11) is 0. The molecule has 3 aromatic heterocycles. The van der Waals surface area contributed by atoms with Gasteiger partial charge < -0.3 is 4.90 Å². The minimum atomic E-state index is -0.416. The number of carbonyl (C=O) groups is 1. The Kier molecular flexibility index (Phi) is 5.27. The van der Waals surface area contributed by atoms with E-state index in [9.17, 15) is 9.59 Å². The van der Waals surface area contributed by atoms with Gasteiger partial charge in [0.15, 0.2) is 0 Å². The van der Waals surface area contributed by atoms with Gasteiger partial charge >= 0.3 is 5.69 Å². The zero-order valence-electron chi connectivity index (χ0n) is 12.8. The third kappa shape index (κ3) is 3.65. The molecule has 24 heavy (non-hydrogen) atoms. The van der Waals surface area contributed by atoms with Crippen LogP contribution in [-0.4, -0.2) is 37.1 Å². The zero-order valence-corrected chi connectivity index (χ0v) is 16.0. The van der Waals surface area contributed by atoms with Crippen molar-refractivity contribution in [3.8, 4) is 5.00 Å². The van der Waals surface area contributed by atoms with E-state index in [4.69, 9.17) is 0 Å². The van der Waals surface area contributed by atoms with Crippen molar-refractivity contribution in [2.75, 3.05) is 6.54 Å². The Morgan fingerprint density at radius 1 is 1.33 bits per heavy atom. The highest BCUT2D eigenvalue weighted by Gasteiger charge is 2.17. The first kappa shape index (κ1) is 17.1. The maximum Gasteiger partial charge on any atom is 0.369 e. The van der Waals surface area contributed by atoms with Gasteiger partial charge in [-0.2, -0.15) is 9.36 Å². The van der Waals surface area contributed by atoms with Crippen LogP contribution in [0.2, 0.25) is 0 Å². The van der Waals surface area contributed by atoms with E-state index >= 15 is 0 Å². The van der Waals surface area contributed by atoms with Gasteiger partial charge in [-0.3, -0.25) is 4.79 Å². The van der Waals surface area contributed by atoms with Crippen LogP contribution in [0.1, 0.15) is 11.8 Å². The molecule has 0 aliphatic heterocycles. The van der Waals surface area contributed by atoms with Gasteiger partial charge in [0.05, 0.1) is 10.3 Å². The van der Waals surface area contributed by atoms with Crippen molar-refractivity contribution in [2.24, 2.45) is 0 Å². The third-order valence-corrected chi connectivity index (χ3v) is 5.80. The lowest BCUT2D eigenvalue weighted by Gasteiger charge is -2.19. The van der Waals surface area contributed by atoms with Crippen LogP contribution in [-0.2, 0) is 17.9 Å². The molecular formula is C14H14BrN5O2S2. The van der Waals surface area contributed by atoms with Gasteiger partial charge in [0.1, 0.15) is 11.5 Å². The molecule has 3 aromatic rings. The fourth-order valence-electron chi connectivity index (χ4n) is 2.13. The van der Waals surface area contributed by atoms with E-state index in [-0.39, 0.29) is 12.5 Å². The van der Waals surface area contributed by atoms with Gasteiger partial charge in [0.25, 0.3) is 0 Å². The number of aromatic nitrogens is 4. The Morgan fingerprint density at radius 3 is 2.79 bits per heavy atom. The summed E-state index contributed by atoms with van der Waals surface area (Å²) < 4.78 is 3.32. The number of carbonyl (C=O) groups excluding carboxylic acids is 1. The number of thiophene rings is 2. The van der Waals surface area contributed by atoms with Gasteiger partial charge in [-0.15, -0.1) is 22.7 Å².